The molecule has 49 heavy (non-hydrogen) atoms. The zero-order chi connectivity index (χ0) is 34.8. The van der Waals surface area contributed by atoms with Crippen molar-refractivity contribution in [1.29, 1.82) is 0 Å². The van der Waals surface area contributed by atoms with E-state index in [4.69, 9.17) is 33.2 Å². The van der Waals surface area contributed by atoms with Crippen LogP contribution in [0.3, 0.4) is 0 Å². The Balaban J connectivity index is 0.00000417. The summed E-state index contributed by atoms with van der Waals surface area (Å²) in [6.07, 6.45) is 2.66. The second-order valence-corrected chi connectivity index (χ2v) is 15.5. The van der Waals surface area contributed by atoms with Crippen LogP contribution in [-0.2, 0) is 38.0 Å². The molecule has 0 aromatic heterocycles. The van der Waals surface area contributed by atoms with Crippen LogP contribution in [0.25, 0.3) is 0 Å². The Morgan fingerprint density at radius 1 is 0.980 bits per heavy atom. The van der Waals surface area contributed by atoms with Crippen molar-refractivity contribution in [2.24, 2.45) is 17.8 Å². The SMILES string of the molecule is CO[C@@]1(C)[CH-][C@H](C)O[C@@H](O[C@H]2[C@H](C)[C@@H](O[C@@H]3O[C@H](C)C[C@H](N(C)C)[C@H]3O)[C@@](C)(OC)C[C@@H](C)[CH-][C@H](C)N3CC[C@H](C3)OC(=O)[C@@H]2C)C1.[U].[U]. The van der Waals surface area contributed by atoms with Gasteiger partial charge in [-0.2, -0.15) is 5.92 Å². The molecule has 2 bridgehead atoms. The van der Waals surface area contributed by atoms with E-state index in [1.165, 1.54) is 0 Å². The Morgan fingerprint density at radius 3 is 2.27 bits per heavy atom. The van der Waals surface area contributed by atoms with Crippen LogP contribution in [-0.4, -0.2) is 135 Å². The van der Waals surface area contributed by atoms with Crippen LogP contribution >= 0.6 is 0 Å². The molecule has 4 saturated heterocycles. The summed E-state index contributed by atoms with van der Waals surface area (Å²) >= 11 is 0. The number of esters is 1. The molecule has 1 N–H and O–H groups in total. The summed E-state index contributed by atoms with van der Waals surface area (Å²) in [6.45, 7) is 17.9. The van der Waals surface area contributed by atoms with Crippen molar-refractivity contribution in [3.8, 4) is 0 Å². The number of ether oxygens (including phenoxy) is 7. The summed E-state index contributed by atoms with van der Waals surface area (Å²) in [5.74, 6) is -1.21. The molecular weight excluding hydrogens is 1080 g/mol. The van der Waals surface area contributed by atoms with Gasteiger partial charge in [0.15, 0.2) is 12.6 Å². The van der Waals surface area contributed by atoms with E-state index in [2.05, 4.69) is 32.1 Å². The van der Waals surface area contributed by atoms with Crippen LogP contribution in [0.2, 0.25) is 0 Å². The minimum absolute atomic E-state index is 0. The van der Waals surface area contributed by atoms with Gasteiger partial charge in [0, 0.05) is 95.0 Å². The third kappa shape index (κ3) is 11.6. The molecule has 4 aliphatic heterocycles. The van der Waals surface area contributed by atoms with Crippen LogP contribution in [0.15, 0.2) is 0 Å². The molecular formula is C36H64N2O9U2-2. The second-order valence-electron chi connectivity index (χ2n) is 15.5. The van der Waals surface area contributed by atoms with Crippen LogP contribution in [0.1, 0.15) is 81.1 Å². The molecule has 0 spiro atoms. The van der Waals surface area contributed by atoms with Crippen molar-refractivity contribution >= 4 is 5.97 Å². The average molecular weight is 1140 g/mol. The summed E-state index contributed by atoms with van der Waals surface area (Å²) in [6, 6.07) is 0.0515. The Hall–Kier alpha value is 1.21. The number of nitrogens with zero attached hydrogens (tertiary/aromatic N) is 2. The fourth-order valence-corrected chi connectivity index (χ4v) is 8.37. The third-order valence-electron chi connectivity index (χ3n) is 11.2. The van der Waals surface area contributed by atoms with E-state index >= 15 is 0 Å². The van der Waals surface area contributed by atoms with Gasteiger partial charge < -0.3 is 54.5 Å². The fraction of sp³-hybridized carbons (Fsp3) is 0.917. The van der Waals surface area contributed by atoms with Gasteiger partial charge in [0.2, 0.25) is 0 Å². The van der Waals surface area contributed by atoms with Gasteiger partial charge in [-0.05, 0) is 72.7 Å². The molecule has 0 amide bonds. The minimum Gasteiger partial charge on any atom is -0.461 e. The van der Waals surface area contributed by atoms with E-state index in [9.17, 15) is 9.90 Å². The normalized spacial score (nSPS) is 47.0. The van der Waals surface area contributed by atoms with Crippen LogP contribution in [0, 0.1) is 92.8 Å². The van der Waals surface area contributed by atoms with Gasteiger partial charge in [-0.15, -0.1) is 6.04 Å². The third-order valence-corrected chi connectivity index (χ3v) is 11.2. The molecule has 0 aliphatic carbocycles. The summed E-state index contributed by atoms with van der Waals surface area (Å²) in [5, 5.41) is 11.6. The smallest absolute Gasteiger partial charge is 0.311 e. The predicted octanol–water partition coefficient (Wildman–Crippen LogP) is 3.85. The standard InChI is InChI=1S/C36H64N2O9.2U/c1-21-15-22(2)38-14-13-27(20-38)45-33(40)26(6)31(46-29-19-35(7,41-11)18-24(4)43-29)25(5)32(36(8,17-21)42-12)47-34-30(39)28(37(9)10)16-23(3)44-34;;/h15,18,21-32,34,39H,13-14,16-17,19-20H2,1-12H3;;/q-2;;/t21-,22-,23+,24-,25-,26+,27+,28-,29-,30+,31-,32+,34-,35-,36-;;/m0../s1. The van der Waals surface area contributed by atoms with E-state index in [1.54, 1.807) is 14.2 Å². The number of likely N-dealkylation sites (N-methyl/N-ethyl adjacent to an activating group) is 1. The van der Waals surface area contributed by atoms with Gasteiger partial charge in [-0.1, -0.05) is 40.7 Å². The first kappa shape index (κ1) is 46.4. The predicted molar refractivity (Wildman–Crippen MR) is 178 cm³/mol. The van der Waals surface area contributed by atoms with Crippen molar-refractivity contribution in [2.75, 3.05) is 41.4 Å². The second kappa shape index (κ2) is 19.7. The molecule has 11 nitrogen and oxygen atoms in total. The first-order chi connectivity index (χ1) is 22.0. The molecule has 0 aromatic carbocycles. The molecule has 282 valence electrons. The van der Waals surface area contributed by atoms with Gasteiger partial charge in [-0.25, -0.2) is 0 Å². The van der Waals surface area contributed by atoms with Crippen molar-refractivity contribution in [2.45, 2.75) is 154 Å². The molecule has 0 saturated carbocycles. The van der Waals surface area contributed by atoms with Crippen LogP contribution in [0.4, 0.5) is 0 Å². The summed E-state index contributed by atoms with van der Waals surface area (Å²) in [7, 11) is 7.31. The number of carbonyl (C=O) groups excluding carboxylic acids is 1. The first-order valence-corrected chi connectivity index (χ1v) is 17.7. The van der Waals surface area contributed by atoms with Crippen LogP contribution < -0.4 is 0 Å². The molecule has 0 aromatic rings. The summed E-state index contributed by atoms with van der Waals surface area (Å²) in [5.41, 5.74) is -1.40. The van der Waals surface area contributed by atoms with Gasteiger partial charge in [0.05, 0.1) is 29.8 Å². The number of methoxy groups -OCH3 is 2. The van der Waals surface area contributed by atoms with E-state index in [-0.39, 0.29) is 105 Å². The number of aliphatic hydroxyl groups is 1. The number of hydrogen-bond acceptors (Lipinski definition) is 11. The number of aliphatic hydroxyl groups excluding tert-OH is 1. The van der Waals surface area contributed by atoms with E-state index < -0.39 is 53.9 Å². The number of fused-ring (bicyclic) bond motifs is 2. The van der Waals surface area contributed by atoms with Crippen molar-refractivity contribution < 1.29 is 105 Å². The maximum atomic E-state index is 13.9. The Labute approximate surface area is 344 Å². The quantitative estimate of drug-likeness (QED) is 0.297. The number of rotatable bonds is 7. The molecule has 4 fully saturated rings. The van der Waals surface area contributed by atoms with E-state index in [0.717, 1.165) is 13.0 Å². The topological polar surface area (TPSA) is 108 Å². The van der Waals surface area contributed by atoms with Gasteiger partial charge in [0.25, 0.3) is 0 Å². The molecule has 4 rings (SSSR count). The maximum absolute atomic E-state index is 13.9. The van der Waals surface area contributed by atoms with E-state index in [1.807, 2.05) is 60.0 Å². The Morgan fingerprint density at radius 2 is 1.65 bits per heavy atom. The molecule has 13 heteroatoms. The minimum atomic E-state index is -0.910. The van der Waals surface area contributed by atoms with Crippen molar-refractivity contribution in [1.82, 2.24) is 9.80 Å². The molecule has 16 atom stereocenters. The Kier molecular flexibility index (Phi) is 18.6. The molecule has 4 aliphatic rings. The van der Waals surface area contributed by atoms with E-state index in [0.29, 0.717) is 25.8 Å². The number of carbonyl (C=O) groups is 1. The molecule has 1 unspecified atom stereocenters. The largest absolute Gasteiger partial charge is 0.461 e. The van der Waals surface area contributed by atoms with Crippen molar-refractivity contribution in [3.05, 3.63) is 12.8 Å². The molecule has 4 heterocycles. The zero-order valence-electron chi connectivity index (χ0n) is 32.0. The summed E-state index contributed by atoms with van der Waals surface area (Å²) in [4.78, 5) is 18.3. The van der Waals surface area contributed by atoms with Gasteiger partial charge in [0.1, 0.15) is 12.2 Å². The van der Waals surface area contributed by atoms with Crippen molar-refractivity contribution in [3.63, 3.8) is 0 Å². The average Bonchev–Trinajstić information content (AvgIpc) is 3.46. The number of hydrogen-bond donors (Lipinski definition) is 1. The monoisotopic (exact) mass is 1140 g/mol. The van der Waals surface area contributed by atoms with Gasteiger partial charge in [-0.3, -0.25) is 11.2 Å². The van der Waals surface area contributed by atoms with Gasteiger partial charge >= 0.3 is 5.97 Å². The molecule has 0 radical (unpaired) electrons. The zero-order valence-corrected chi connectivity index (χ0v) is 40.3. The maximum Gasteiger partial charge on any atom is 0.311 e. The Bertz CT molecular complexity index is 1030. The summed E-state index contributed by atoms with van der Waals surface area (Å²) < 4.78 is 44.8. The van der Waals surface area contributed by atoms with Crippen LogP contribution in [0.5, 0.6) is 0 Å². The fourth-order valence-electron chi connectivity index (χ4n) is 8.37. The first-order valence-electron chi connectivity index (χ1n) is 17.7.